The van der Waals surface area contributed by atoms with Crippen molar-refractivity contribution in [2.75, 3.05) is 7.11 Å². The number of rotatable bonds is 3. The molecule has 0 heterocycles. The van der Waals surface area contributed by atoms with E-state index in [1.54, 1.807) is 6.07 Å². The van der Waals surface area contributed by atoms with Crippen molar-refractivity contribution < 1.29 is 9.13 Å². The molecular formula is C16H17FO. The van der Waals surface area contributed by atoms with Gasteiger partial charge in [0, 0.05) is 0 Å². The summed E-state index contributed by atoms with van der Waals surface area (Å²) in [5, 5.41) is 0. The van der Waals surface area contributed by atoms with Crippen LogP contribution in [0.2, 0.25) is 0 Å². The first kappa shape index (κ1) is 12.6. The van der Waals surface area contributed by atoms with Crippen LogP contribution in [0.1, 0.15) is 25.3 Å². The smallest absolute Gasteiger partial charge is 0.168 e. The standard InChI is InChI=1S/C16H17FO/c1-11(2)14-9-13(10-15(18-3)16(14)17)12-7-5-4-6-8-12/h4-11H,1-3H3. The van der Waals surface area contributed by atoms with Gasteiger partial charge in [0.15, 0.2) is 11.6 Å². The van der Waals surface area contributed by atoms with Gasteiger partial charge in [0.2, 0.25) is 0 Å². The second-order valence-electron chi connectivity index (χ2n) is 4.60. The summed E-state index contributed by atoms with van der Waals surface area (Å²) in [6.07, 6.45) is 0. The second kappa shape index (κ2) is 5.21. The first-order valence-electron chi connectivity index (χ1n) is 6.06. The number of ether oxygens (including phenoxy) is 1. The summed E-state index contributed by atoms with van der Waals surface area (Å²) in [6, 6.07) is 13.6. The molecule has 0 N–H and O–H groups in total. The van der Waals surface area contributed by atoms with Crippen LogP contribution in [0.5, 0.6) is 5.75 Å². The maximum Gasteiger partial charge on any atom is 0.168 e. The first-order chi connectivity index (χ1) is 8.63. The van der Waals surface area contributed by atoms with Crippen LogP contribution in [0, 0.1) is 5.82 Å². The number of methoxy groups -OCH3 is 1. The van der Waals surface area contributed by atoms with E-state index in [4.69, 9.17) is 4.74 Å². The quantitative estimate of drug-likeness (QED) is 0.765. The lowest BCUT2D eigenvalue weighted by atomic mass is 9.96. The third-order valence-electron chi connectivity index (χ3n) is 3.02. The van der Waals surface area contributed by atoms with Crippen LogP contribution in [0.3, 0.4) is 0 Å². The minimum Gasteiger partial charge on any atom is -0.494 e. The molecule has 2 aromatic carbocycles. The summed E-state index contributed by atoms with van der Waals surface area (Å²) in [7, 11) is 1.50. The van der Waals surface area contributed by atoms with E-state index in [2.05, 4.69) is 0 Å². The summed E-state index contributed by atoms with van der Waals surface area (Å²) in [5.41, 5.74) is 2.74. The zero-order valence-electron chi connectivity index (χ0n) is 10.9. The second-order valence-corrected chi connectivity index (χ2v) is 4.60. The monoisotopic (exact) mass is 244 g/mol. The van der Waals surface area contributed by atoms with Crippen LogP contribution in [-0.2, 0) is 0 Å². The Hall–Kier alpha value is -1.83. The Morgan fingerprint density at radius 1 is 1.00 bits per heavy atom. The van der Waals surface area contributed by atoms with Gasteiger partial charge in [-0.25, -0.2) is 4.39 Å². The highest BCUT2D eigenvalue weighted by Gasteiger charge is 2.14. The Labute approximate surface area is 107 Å². The normalized spacial score (nSPS) is 10.7. The molecule has 0 aliphatic rings. The minimum atomic E-state index is -0.257. The van der Waals surface area contributed by atoms with Crippen LogP contribution in [-0.4, -0.2) is 7.11 Å². The Bertz CT molecular complexity index is 532. The number of benzene rings is 2. The molecule has 0 aliphatic heterocycles. The summed E-state index contributed by atoms with van der Waals surface area (Å²) in [6.45, 7) is 3.96. The molecule has 0 spiro atoms. The highest BCUT2D eigenvalue weighted by Crippen LogP contribution is 2.32. The fourth-order valence-corrected chi connectivity index (χ4v) is 1.99. The third kappa shape index (κ3) is 2.37. The van der Waals surface area contributed by atoms with Gasteiger partial charge < -0.3 is 4.74 Å². The Morgan fingerprint density at radius 2 is 1.67 bits per heavy atom. The molecule has 94 valence electrons. The van der Waals surface area contributed by atoms with Crippen molar-refractivity contribution in [3.63, 3.8) is 0 Å². The zero-order chi connectivity index (χ0) is 13.1. The van der Waals surface area contributed by atoms with E-state index in [0.717, 1.165) is 11.1 Å². The van der Waals surface area contributed by atoms with Gasteiger partial charge in [-0.2, -0.15) is 0 Å². The summed E-state index contributed by atoms with van der Waals surface area (Å²) in [5.74, 6) is 0.176. The van der Waals surface area contributed by atoms with Gasteiger partial charge in [-0.3, -0.25) is 0 Å². The molecule has 0 fully saturated rings. The Balaban J connectivity index is 2.59. The molecule has 0 saturated heterocycles. The average molecular weight is 244 g/mol. The fraction of sp³-hybridized carbons (Fsp3) is 0.250. The van der Waals surface area contributed by atoms with E-state index >= 15 is 0 Å². The molecule has 0 atom stereocenters. The van der Waals surface area contributed by atoms with Gasteiger partial charge >= 0.3 is 0 Å². The molecule has 0 aromatic heterocycles. The van der Waals surface area contributed by atoms with E-state index in [-0.39, 0.29) is 11.7 Å². The van der Waals surface area contributed by atoms with Gasteiger partial charge in [0.1, 0.15) is 0 Å². The molecule has 0 unspecified atom stereocenters. The lowest BCUT2D eigenvalue weighted by Gasteiger charge is -2.13. The van der Waals surface area contributed by atoms with Crippen LogP contribution >= 0.6 is 0 Å². The molecular weight excluding hydrogens is 227 g/mol. The van der Waals surface area contributed by atoms with E-state index in [1.165, 1.54) is 7.11 Å². The van der Waals surface area contributed by atoms with Crippen LogP contribution in [0.25, 0.3) is 11.1 Å². The molecule has 0 bridgehead atoms. The largest absolute Gasteiger partial charge is 0.494 e. The third-order valence-corrected chi connectivity index (χ3v) is 3.02. The van der Waals surface area contributed by atoms with Crippen molar-refractivity contribution in [3.05, 3.63) is 53.8 Å². The maximum atomic E-state index is 14.1. The van der Waals surface area contributed by atoms with Crippen LogP contribution in [0.15, 0.2) is 42.5 Å². The van der Waals surface area contributed by atoms with Gasteiger partial charge in [-0.15, -0.1) is 0 Å². The Morgan fingerprint density at radius 3 is 2.22 bits per heavy atom. The molecule has 1 nitrogen and oxygen atoms in total. The van der Waals surface area contributed by atoms with Gasteiger partial charge in [0.25, 0.3) is 0 Å². The van der Waals surface area contributed by atoms with Gasteiger partial charge in [0.05, 0.1) is 7.11 Å². The van der Waals surface area contributed by atoms with E-state index in [9.17, 15) is 4.39 Å². The molecule has 2 heteroatoms. The van der Waals surface area contributed by atoms with E-state index in [0.29, 0.717) is 11.3 Å². The molecule has 0 saturated carbocycles. The SMILES string of the molecule is COc1cc(-c2ccccc2)cc(C(C)C)c1F. The molecule has 2 rings (SSSR count). The number of hydrogen-bond acceptors (Lipinski definition) is 1. The van der Waals surface area contributed by atoms with Crippen molar-refractivity contribution in [1.29, 1.82) is 0 Å². The topological polar surface area (TPSA) is 9.23 Å². The molecule has 18 heavy (non-hydrogen) atoms. The van der Waals surface area contributed by atoms with Crippen molar-refractivity contribution >= 4 is 0 Å². The van der Waals surface area contributed by atoms with E-state index in [1.807, 2.05) is 50.2 Å². The first-order valence-corrected chi connectivity index (χ1v) is 6.06. The number of halogens is 1. The van der Waals surface area contributed by atoms with Crippen molar-refractivity contribution in [3.8, 4) is 16.9 Å². The number of hydrogen-bond donors (Lipinski definition) is 0. The predicted octanol–water partition coefficient (Wildman–Crippen LogP) is 4.62. The van der Waals surface area contributed by atoms with Crippen molar-refractivity contribution in [2.24, 2.45) is 0 Å². The molecule has 2 aromatic rings. The lowest BCUT2D eigenvalue weighted by Crippen LogP contribution is -1.98. The van der Waals surface area contributed by atoms with E-state index < -0.39 is 0 Å². The van der Waals surface area contributed by atoms with Crippen LogP contribution in [0.4, 0.5) is 4.39 Å². The highest BCUT2D eigenvalue weighted by molar-refractivity contribution is 5.66. The van der Waals surface area contributed by atoms with Crippen molar-refractivity contribution in [2.45, 2.75) is 19.8 Å². The Kier molecular flexibility index (Phi) is 3.66. The van der Waals surface area contributed by atoms with Crippen LogP contribution < -0.4 is 4.74 Å². The average Bonchev–Trinajstić information content (AvgIpc) is 2.39. The minimum absolute atomic E-state index is 0.127. The van der Waals surface area contributed by atoms with Gasteiger partial charge in [-0.1, -0.05) is 44.2 Å². The summed E-state index contributed by atoms with van der Waals surface area (Å²) < 4.78 is 19.2. The van der Waals surface area contributed by atoms with Crippen molar-refractivity contribution in [1.82, 2.24) is 0 Å². The highest BCUT2D eigenvalue weighted by atomic mass is 19.1. The zero-order valence-corrected chi connectivity index (χ0v) is 10.9. The summed E-state index contributed by atoms with van der Waals surface area (Å²) in [4.78, 5) is 0. The van der Waals surface area contributed by atoms with Gasteiger partial charge in [-0.05, 0) is 34.7 Å². The summed E-state index contributed by atoms with van der Waals surface area (Å²) >= 11 is 0. The lowest BCUT2D eigenvalue weighted by molar-refractivity contribution is 0.383. The molecule has 0 radical (unpaired) electrons. The predicted molar refractivity (Wildman–Crippen MR) is 72.5 cm³/mol. The molecule has 0 amide bonds. The fourth-order valence-electron chi connectivity index (χ4n) is 1.99. The maximum absolute atomic E-state index is 14.1. The molecule has 0 aliphatic carbocycles.